The van der Waals surface area contributed by atoms with Gasteiger partial charge in [-0.2, -0.15) is 0 Å². The molecular weight excluding hydrogens is 310 g/mol. The van der Waals surface area contributed by atoms with E-state index in [2.05, 4.69) is 46.7 Å². The predicted molar refractivity (Wildman–Crippen MR) is 94.6 cm³/mol. The molecule has 0 saturated heterocycles. The van der Waals surface area contributed by atoms with E-state index in [-0.39, 0.29) is 12.1 Å². The summed E-state index contributed by atoms with van der Waals surface area (Å²) in [7, 11) is 4.16. The van der Waals surface area contributed by atoms with Gasteiger partial charge >= 0.3 is 12.2 Å². The van der Waals surface area contributed by atoms with Crippen LogP contribution in [0.4, 0.5) is 9.59 Å². The lowest BCUT2D eigenvalue weighted by Crippen LogP contribution is -2.47. The van der Waals surface area contributed by atoms with E-state index >= 15 is 0 Å². The third-order valence-corrected chi connectivity index (χ3v) is 4.15. The van der Waals surface area contributed by atoms with Crippen molar-refractivity contribution in [3.8, 4) is 0 Å². The summed E-state index contributed by atoms with van der Waals surface area (Å²) in [5, 5.41) is 0. The summed E-state index contributed by atoms with van der Waals surface area (Å²) in [4.78, 5) is 24.1. The maximum Gasteiger partial charge on any atom is 0.404 e. The molecule has 4 N–H and O–H groups in total. The van der Waals surface area contributed by atoms with Crippen molar-refractivity contribution in [2.75, 3.05) is 20.7 Å². The quantitative estimate of drug-likeness (QED) is 0.598. The van der Waals surface area contributed by atoms with Gasteiger partial charge in [0.2, 0.25) is 0 Å². The van der Waals surface area contributed by atoms with E-state index in [4.69, 9.17) is 20.9 Å². The molecule has 0 fully saturated rings. The highest BCUT2D eigenvalue weighted by atomic mass is 16.6. The van der Waals surface area contributed by atoms with Crippen molar-refractivity contribution < 1.29 is 19.1 Å². The topological polar surface area (TPSA) is 108 Å². The molecule has 0 aliphatic rings. The molecule has 0 radical (unpaired) electrons. The fourth-order valence-electron chi connectivity index (χ4n) is 3.34. The Hall–Kier alpha value is -1.50. The van der Waals surface area contributed by atoms with Crippen LogP contribution in [0.2, 0.25) is 0 Å². The van der Waals surface area contributed by atoms with Gasteiger partial charge in [-0.05, 0) is 51.6 Å². The molecule has 0 aliphatic carbocycles. The van der Waals surface area contributed by atoms with Crippen LogP contribution >= 0.6 is 0 Å². The molecule has 0 saturated carbocycles. The van der Waals surface area contributed by atoms with E-state index in [1.807, 2.05) is 0 Å². The Kier molecular flexibility index (Phi) is 9.73. The van der Waals surface area contributed by atoms with Gasteiger partial charge in [-0.15, -0.1) is 0 Å². The molecule has 0 bridgehead atoms. The number of carbonyl (C=O) groups excluding carboxylic acids is 2. The molecule has 7 nitrogen and oxygen atoms in total. The van der Waals surface area contributed by atoms with Crippen LogP contribution in [0.5, 0.6) is 0 Å². The largest absolute Gasteiger partial charge is 0.446 e. The highest BCUT2D eigenvalue weighted by molar-refractivity contribution is 5.65. The Bertz CT molecular complexity index is 387. The first-order valence-electron chi connectivity index (χ1n) is 8.54. The number of nitrogens with two attached hydrogens (primary N) is 2. The monoisotopic (exact) mass is 345 g/mol. The predicted octanol–water partition coefficient (Wildman–Crippen LogP) is 2.72. The Morgan fingerprint density at radius 2 is 1.50 bits per heavy atom. The zero-order valence-electron chi connectivity index (χ0n) is 16.0. The molecule has 0 aromatic rings. The normalized spacial score (nSPS) is 13.4. The van der Waals surface area contributed by atoms with Gasteiger partial charge in [0.15, 0.2) is 0 Å². The van der Waals surface area contributed by atoms with Crippen molar-refractivity contribution >= 4 is 12.2 Å². The van der Waals surface area contributed by atoms with E-state index < -0.39 is 18.3 Å². The van der Waals surface area contributed by atoms with Crippen molar-refractivity contribution in [1.82, 2.24) is 4.90 Å². The molecule has 2 amide bonds. The molecule has 0 aromatic heterocycles. The summed E-state index contributed by atoms with van der Waals surface area (Å²) in [6.07, 6.45) is 1.04. The second-order valence-electron chi connectivity index (χ2n) is 7.54. The molecule has 0 aliphatic heterocycles. The van der Waals surface area contributed by atoms with Gasteiger partial charge in [-0.1, -0.05) is 27.7 Å². The lowest BCUT2D eigenvalue weighted by atomic mass is 9.77. The van der Waals surface area contributed by atoms with Crippen LogP contribution in [-0.4, -0.2) is 49.4 Å². The third-order valence-electron chi connectivity index (χ3n) is 4.15. The van der Waals surface area contributed by atoms with Gasteiger partial charge in [-0.25, -0.2) is 9.59 Å². The summed E-state index contributed by atoms with van der Waals surface area (Å²) >= 11 is 0. The van der Waals surface area contributed by atoms with Gasteiger partial charge in [-0.3, -0.25) is 0 Å². The lowest BCUT2D eigenvalue weighted by molar-refractivity contribution is 0.0241. The van der Waals surface area contributed by atoms with Gasteiger partial charge in [0.05, 0.1) is 0 Å². The van der Waals surface area contributed by atoms with Gasteiger partial charge in [0.25, 0.3) is 0 Å². The molecular formula is C17H35N3O4. The van der Waals surface area contributed by atoms with Crippen molar-refractivity contribution in [2.24, 2.45) is 23.3 Å². The van der Waals surface area contributed by atoms with Gasteiger partial charge < -0.3 is 25.8 Å². The van der Waals surface area contributed by atoms with E-state index in [1.54, 1.807) is 0 Å². The first kappa shape index (κ1) is 22.5. The smallest absolute Gasteiger partial charge is 0.404 e. The first-order chi connectivity index (χ1) is 11.0. The summed E-state index contributed by atoms with van der Waals surface area (Å²) in [6, 6.07) is 0. The summed E-state index contributed by atoms with van der Waals surface area (Å²) < 4.78 is 9.86. The molecule has 7 heteroatoms. The van der Waals surface area contributed by atoms with Crippen LogP contribution in [0.25, 0.3) is 0 Å². The van der Waals surface area contributed by atoms with Crippen molar-refractivity contribution in [3.63, 3.8) is 0 Å². The molecule has 0 unspecified atom stereocenters. The van der Waals surface area contributed by atoms with Crippen LogP contribution < -0.4 is 11.5 Å². The second-order valence-corrected chi connectivity index (χ2v) is 7.54. The number of hydrogen-bond acceptors (Lipinski definition) is 5. The number of nitrogens with zero attached hydrogens (tertiary/aromatic N) is 1. The number of rotatable bonds is 11. The van der Waals surface area contributed by atoms with Crippen molar-refractivity contribution in [1.29, 1.82) is 0 Å². The summed E-state index contributed by atoms with van der Waals surface area (Å²) in [5.74, 6) is 1.06. The number of ether oxygens (including phenoxy) is 2. The SMILES string of the molecule is CC(C)CC(CC[C@@H](COC(N)=O)OC(N)=O)(CC(C)C)N(C)C. The van der Waals surface area contributed by atoms with E-state index in [0.717, 1.165) is 19.3 Å². The zero-order valence-corrected chi connectivity index (χ0v) is 16.0. The van der Waals surface area contributed by atoms with E-state index in [1.165, 1.54) is 0 Å². The van der Waals surface area contributed by atoms with Crippen LogP contribution in [0, 0.1) is 11.8 Å². The fraction of sp³-hybridized carbons (Fsp3) is 0.882. The first-order valence-corrected chi connectivity index (χ1v) is 8.54. The van der Waals surface area contributed by atoms with Crippen LogP contribution in [0.15, 0.2) is 0 Å². The van der Waals surface area contributed by atoms with Gasteiger partial charge in [0, 0.05) is 5.54 Å². The Balaban J connectivity index is 5.12. The lowest BCUT2D eigenvalue weighted by Gasteiger charge is -2.43. The summed E-state index contributed by atoms with van der Waals surface area (Å²) in [5.41, 5.74) is 10.1. The van der Waals surface area contributed by atoms with Crippen LogP contribution in [-0.2, 0) is 9.47 Å². The Morgan fingerprint density at radius 3 is 1.83 bits per heavy atom. The molecule has 0 heterocycles. The van der Waals surface area contributed by atoms with E-state index in [9.17, 15) is 9.59 Å². The maximum absolute atomic E-state index is 11.1. The molecule has 142 valence electrons. The number of primary amides is 2. The average molecular weight is 345 g/mol. The van der Waals surface area contributed by atoms with Crippen molar-refractivity contribution in [3.05, 3.63) is 0 Å². The minimum absolute atomic E-state index is 0.0195. The molecule has 0 rings (SSSR count). The number of amides is 2. The standard InChI is InChI=1S/C17H35N3O4/c1-12(2)9-17(20(5)6,10-13(3)4)8-7-14(24-16(19)22)11-23-15(18)21/h12-14H,7-11H2,1-6H3,(H2,18,21)(H2,19,22)/t14-/m0/s1. The molecule has 0 aromatic carbocycles. The highest BCUT2D eigenvalue weighted by Gasteiger charge is 2.35. The number of carbonyl (C=O) groups is 2. The average Bonchev–Trinajstić information content (AvgIpc) is 2.39. The third kappa shape index (κ3) is 8.96. The Morgan fingerprint density at radius 1 is 1.00 bits per heavy atom. The molecule has 1 atom stereocenters. The maximum atomic E-state index is 11.1. The van der Waals surface area contributed by atoms with E-state index in [0.29, 0.717) is 18.3 Å². The Labute approximate surface area is 146 Å². The number of hydrogen-bond donors (Lipinski definition) is 2. The minimum atomic E-state index is -0.892. The highest BCUT2D eigenvalue weighted by Crippen LogP contribution is 2.34. The molecule has 24 heavy (non-hydrogen) atoms. The van der Waals surface area contributed by atoms with Gasteiger partial charge in [0.1, 0.15) is 12.7 Å². The second kappa shape index (κ2) is 10.4. The fourth-order valence-corrected chi connectivity index (χ4v) is 3.34. The zero-order chi connectivity index (χ0) is 18.9. The summed E-state index contributed by atoms with van der Waals surface area (Å²) in [6.45, 7) is 8.72. The van der Waals surface area contributed by atoms with Crippen molar-refractivity contribution in [2.45, 2.75) is 65.0 Å². The van der Waals surface area contributed by atoms with Crippen LogP contribution in [0.3, 0.4) is 0 Å². The van der Waals surface area contributed by atoms with Crippen LogP contribution in [0.1, 0.15) is 53.4 Å². The molecule has 0 spiro atoms. The minimum Gasteiger partial charge on any atom is -0.446 e.